The van der Waals surface area contributed by atoms with Gasteiger partial charge in [0, 0.05) is 17.7 Å². The van der Waals surface area contributed by atoms with Crippen molar-refractivity contribution >= 4 is 29.5 Å². The number of nitrogens with one attached hydrogen (secondary N) is 2. The van der Waals surface area contributed by atoms with Crippen molar-refractivity contribution in [2.24, 2.45) is 0 Å². The molecular formula is C28H37N3O4S. The number of hydrogen-bond acceptors (Lipinski definition) is 5. The lowest BCUT2D eigenvalue weighted by Gasteiger charge is -2.33. The topological polar surface area (TPSA) is 98.7 Å². The van der Waals surface area contributed by atoms with Gasteiger partial charge in [0.1, 0.15) is 6.04 Å². The van der Waals surface area contributed by atoms with Crippen molar-refractivity contribution in [2.45, 2.75) is 76.4 Å². The molecule has 0 aromatic heterocycles. The molecule has 2 aromatic rings. The van der Waals surface area contributed by atoms with Crippen LogP contribution in [0.5, 0.6) is 0 Å². The third-order valence-corrected chi connectivity index (χ3v) is 7.92. The number of aliphatic hydroxyl groups excluding tert-OH is 1. The number of aryl methyl sites for hydroxylation is 1. The lowest BCUT2D eigenvalue weighted by Crippen LogP contribution is -2.58. The maximum atomic E-state index is 13.6. The molecule has 0 aliphatic carbocycles. The number of amides is 3. The number of carbonyl (C=O) groups excluding carboxylic acids is 3. The summed E-state index contributed by atoms with van der Waals surface area (Å²) >= 11 is 1.50. The van der Waals surface area contributed by atoms with Gasteiger partial charge in [-0.3, -0.25) is 14.4 Å². The molecule has 1 fully saturated rings. The van der Waals surface area contributed by atoms with Crippen LogP contribution in [0.3, 0.4) is 0 Å². The molecule has 0 bridgehead atoms. The van der Waals surface area contributed by atoms with Gasteiger partial charge in [-0.2, -0.15) is 0 Å². The Balaban J connectivity index is 1.77. The van der Waals surface area contributed by atoms with Crippen LogP contribution < -0.4 is 10.6 Å². The third kappa shape index (κ3) is 6.89. The number of thioether (sulfide) groups is 1. The summed E-state index contributed by atoms with van der Waals surface area (Å²) in [4.78, 5) is 40.8. The van der Waals surface area contributed by atoms with Gasteiger partial charge in [0.25, 0.3) is 5.91 Å². The van der Waals surface area contributed by atoms with Gasteiger partial charge in [0.2, 0.25) is 11.8 Å². The maximum Gasteiger partial charge on any atom is 0.254 e. The van der Waals surface area contributed by atoms with Crippen LogP contribution in [0.1, 0.15) is 50.3 Å². The smallest absolute Gasteiger partial charge is 0.254 e. The van der Waals surface area contributed by atoms with E-state index in [0.717, 1.165) is 16.7 Å². The van der Waals surface area contributed by atoms with Crippen LogP contribution in [0.4, 0.5) is 0 Å². The van der Waals surface area contributed by atoms with E-state index >= 15 is 0 Å². The lowest BCUT2D eigenvalue weighted by molar-refractivity contribution is -0.147. The second-order valence-corrected chi connectivity index (χ2v) is 11.4. The van der Waals surface area contributed by atoms with Gasteiger partial charge in [-0.25, -0.2) is 0 Å². The van der Waals surface area contributed by atoms with E-state index in [-0.39, 0.29) is 17.7 Å². The van der Waals surface area contributed by atoms with Crippen molar-refractivity contribution in [3.05, 3.63) is 71.3 Å². The Labute approximate surface area is 218 Å². The number of nitrogens with zero attached hydrogens (tertiary/aromatic N) is 1. The molecule has 8 heteroatoms. The number of carbonyl (C=O) groups is 3. The molecule has 0 spiro atoms. The Kier molecular flexibility index (Phi) is 9.56. The summed E-state index contributed by atoms with van der Waals surface area (Å²) < 4.78 is -0.536. The van der Waals surface area contributed by atoms with Gasteiger partial charge < -0.3 is 20.6 Å². The lowest BCUT2D eigenvalue weighted by atomic mass is 9.97. The molecule has 3 amide bonds. The Morgan fingerprint density at radius 2 is 1.78 bits per heavy atom. The molecule has 3 N–H and O–H groups in total. The first kappa shape index (κ1) is 27.7. The molecule has 0 radical (unpaired) electrons. The Hall–Kier alpha value is -2.84. The highest BCUT2D eigenvalue weighted by molar-refractivity contribution is 8.00. The van der Waals surface area contributed by atoms with Gasteiger partial charge in [-0.15, -0.1) is 11.8 Å². The summed E-state index contributed by atoms with van der Waals surface area (Å²) in [5.74, 6) is -0.744. The number of benzene rings is 2. The van der Waals surface area contributed by atoms with E-state index in [4.69, 9.17) is 0 Å². The monoisotopic (exact) mass is 511 g/mol. The molecule has 3 rings (SSSR count). The SMILES string of the molecule is CCCC(=O)NC(Cc1ccccc1)[C@H](O)C(=O)N1CSC(C)(C)C1C(=O)NCc1ccccc1C. The zero-order valence-electron chi connectivity index (χ0n) is 21.5. The first-order valence-electron chi connectivity index (χ1n) is 12.4. The van der Waals surface area contributed by atoms with E-state index in [1.807, 2.05) is 82.3 Å². The molecule has 1 saturated heterocycles. The first-order chi connectivity index (χ1) is 17.1. The first-order valence-corrected chi connectivity index (χ1v) is 13.4. The summed E-state index contributed by atoms with van der Waals surface area (Å²) in [5.41, 5.74) is 2.98. The fourth-order valence-electron chi connectivity index (χ4n) is 4.46. The van der Waals surface area contributed by atoms with E-state index in [1.165, 1.54) is 16.7 Å². The van der Waals surface area contributed by atoms with Gasteiger partial charge in [0.15, 0.2) is 6.10 Å². The van der Waals surface area contributed by atoms with E-state index in [0.29, 0.717) is 25.8 Å². The fraction of sp³-hybridized carbons (Fsp3) is 0.464. The van der Waals surface area contributed by atoms with Gasteiger partial charge in [0.05, 0.1) is 11.9 Å². The standard InChI is InChI=1S/C28H37N3O4S/c1-5-11-23(32)30-22(16-20-13-7-6-8-14-20)24(33)27(35)31-18-36-28(3,4)25(31)26(34)29-17-21-15-10-9-12-19(21)2/h6-10,12-15,22,24-25,33H,5,11,16-18H2,1-4H3,(H,29,34)(H,30,32)/t22?,24-,25?/m0/s1. The summed E-state index contributed by atoms with van der Waals surface area (Å²) in [6, 6.07) is 15.7. The van der Waals surface area contributed by atoms with Crippen molar-refractivity contribution in [3.63, 3.8) is 0 Å². The number of rotatable bonds is 10. The van der Waals surface area contributed by atoms with Crippen LogP contribution in [0.15, 0.2) is 54.6 Å². The molecule has 7 nitrogen and oxygen atoms in total. The summed E-state index contributed by atoms with van der Waals surface area (Å²) in [7, 11) is 0. The predicted octanol–water partition coefficient (Wildman–Crippen LogP) is 3.18. The predicted molar refractivity (Wildman–Crippen MR) is 143 cm³/mol. The van der Waals surface area contributed by atoms with E-state index in [1.54, 1.807) is 0 Å². The van der Waals surface area contributed by atoms with Crippen LogP contribution in [-0.4, -0.2) is 56.5 Å². The number of aliphatic hydroxyl groups is 1. The summed E-state index contributed by atoms with van der Waals surface area (Å²) in [6.07, 6.45) is -0.207. The zero-order valence-corrected chi connectivity index (χ0v) is 22.3. The highest BCUT2D eigenvalue weighted by Crippen LogP contribution is 2.40. The molecule has 3 atom stereocenters. The van der Waals surface area contributed by atoms with Crippen LogP contribution in [0.25, 0.3) is 0 Å². The molecule has 0 saturated carbocycles. The van der Waals surface area contributed by atoms with E-state index in [9.17, 15) is 19.5 Å². The third-order valence-electron chi connectivity index (χ3n) is 6.55. The molecule has 36 heavy (non-hydrogen) atoms. The Bertz CT molecular complexity index is 1060. The van der Waals surface area contributed by atoms with Gasteiger partial charge in [-0.05, 0) is 50.3 Å². The van der Waals surface area contributed by atoms with Crippen molar-refractivity contribution in [1.29, 1.82) is 0 Å². The summed E-state index contributed by atoms with van der Waals surface area (Å²) in [6.45, 7) is 8.11. The molecule has 1 heterocycles. The van der Waals surface area contributed by atoms with Gasteiger partial charge >= 0.3 is 0 Å². The minimum Gasteiger partial charge on any atom is -0.381 e. The van der Waals surface area contributed by atoms with Crippen LogP contribution >= 0.6 is 11.8 Å². The molecule has 2 unspecified atom stereocenters. The zero-order chi connectivity index (χ0) is 26.3. The van der Waals surface area contributed by atoms with E-state index in [2.05, 4.69) is 10.6 Å². The average molecular weight is 512 g/mol. The minimum absolute atomic E-state index is 0.214. The van der Waals surface area contributed by atoms with Crippen molar-refractivity contribution in [2.75, 3.05) is 5.88 Å². The average Bonchev–Trinajstić information content (AvgIpc) is 3.17. The minimum atomic E-state index is -1.48. The normalized spacial score (nSPS) is 18.4. The quantitative estimate of drug-likeness (QED) is 0.455. The van der Waals surface area contributed by atoms with Crippen molar-refractivity contribution in [3.8, 4) is 0 Å². The second kappa shape index (κ2) is 12.4. The molecule has 194 valence electrons. The van der Waals surface area contributed by atoms with Gasteiger partial charge in [-0.1, -0.05) is 61.5 Å². The second-order valence-electron chi connectivity index (χ2n) is 9.79. The Morgan fingerprint density at radius 3 is 2.44 bits per heavy atom. The number of hydrogen-bond donors (Lipinski definition) is 3. The molecule has 2 aromatic carbocycles. The fourth-order valence-corrected chi connectivity index (χ4v) is 5.60. The van der Waals surface area contributed by atoms with Crippen LogP contribution in [-0.2, 0) is 27.3 Å². The molecule has 1 aliphatic rings. The highest BCUT2D eigenvalue weighted by atomic mass is 32.2. The Morgan fingerprint density at radius 1 is 1.11 bits per heavy atom. The highest BCUT2D eigenvalue weighted by Gasteiger charge is 2.49. The van der Waals surface area contributed by atoms with Crippen LogP contribution in [0, 0.1) is 6.92 Å². The molecular weight excluding hydrogens is 474 g/mol. The van der Waals surface area contributed by atoms with Crippen molar-refractivity contribution < 1.29 is 19.5 Å². The van der Waals surface area contributed by atoms with Crippen molar-refractivity contribution in [1.82, 2.24) is 15.5 Å². The summed E-state index contributed by atoms with van der Waals surface area (Å²) in [5, 5.41) is 17.0. The van der Waals surface area contributed by atoms with E-state index < -0.39 is 28.8 Å². The van der Waals surface area contributed by atoms with Crippen LogP contribution in [0.2, 0.25) is 0 Å². The molecule has 1 aliphatic heterocycles. The maximum absolute atomic E-state index is 13.6. The largest absolute Gasteiger partial charge is 0.381 e.